The first-order chi connectivity index (χ1) is 7.79. The molecule has 82 valence electrons. The number of nitrogens with two attached hydrogens (primary N) is 1. The topological polar surface area (TPSA) is 61.0 Å². The maximum atomic E-state index is 5.81. The van der Waals surface area contributed by atoms with Crippen LogP contribution in [0.5, 0.6) is 6.01 Å². The predicted octanol–water partition coefficient (Wildman–Crippen LogP) is 1.66. The fourth-order valence-electron chi connectivity index (χ4n) is 1.45. The molecule has 2 aromatic rings. The number of methoxy groups -OCH3 is 1. The van der Waals surface area contributed by atoms with Crippen molar-refractivity contribution in [3.63, 3.8) is 0 Å². The van der Waals surface area contributed by atoms with Gasteiger partial charge in [0.15, 0.2) is 0 Å². The fourth-order valence-corrected chi connectivity index (χ4v) is 1.45. The van der Waals surface area contributed by atoms with Gasteiger partial charge in [-0.15, -0.1) is 0 Å². The molecule has 0 fully saturated rings. The second kappa shape index (κ2) is 4.61. The Hall–Kier alpha value is -2.10. The van der Waals surface area contributed by atoms with Gasteiger partial charge in [0, 0.05) is 18.2 Å². The molecular formula is C12H13N3O. The van der Waals surface area contributed by atoms with Crippen LogP contribution < -0.4 is 10.5 Å². The molecule has 0 aliphatic rings. The molecule has 1 aromatic carbocycles. The van der Waals surface area contributed by atoms with Crippen LogP contribution in [-0.4, -0.2) is 17.1 Å². The highest BCUT2D eigenvalue weighted by Crippen LogP contribution is 2.15. The van der Waals surface area contributed by atoms with Gasteiger partial charge in [-0.3, -0.25) is 0 Å². The summed E-state index contributed by atoms with van der Waals surface area (Å²) in [5, 5.41) is 0. The molecular weight excluding hydrogens is 202 g/mol. The first-order valence-electron chi connectivity index (χ1n) is 4.99. The van der Waals surface area contributed by atoms with Crippen molar-refractivity contribution >= 4 is 5.82 Å². The Morgan fingerprint density at radius 3 is 2.62 bits per heavy atom. The zero-order valence-electron chi connectivity index (χ0n) is 9.05. The minimum Gasteiger partial charge on any atom is -0.467 e. The predicted molar refractivity (Wildman–Crippen MR) is 62.2 cm³/mol. The van der Waals surface area contributed by atoms with Gasteiger partial charge in [-0.05, 0) is 5.56 Å². The molecule has 0 saturated heterocycles. The van der Waals surface area contributed by atoms with Crippen molar-refractivity contribution in [1.82, 2.24) is 9.97 Å². The third kappa shape index (κ3) is 2.28. The van der Waals surface area contributed by atoms with Gasteiger partial charge < -0.3 is 10.5 Å². The number of hydrogen-bond donors (Lipinski definition) is 1. The zero-order valence-corrected chi connectivity index (χ0v) is 9.05. The van der Waals surface area contributed by atoms with Gasteiger partial charge in [-0.2, -0.15) is 4.98 Å². The van der Waals surface area contributed by atoms with E-state index in [0.29, 0.717) is 11.8 Å². The third-order valence-electron chi connectivity index (χ3n) is 2.30. The first-order valence-corrected chi connectivity index (χ1v) is 4.99. The van der Waals surface area contributed by atoms with Crippen LogP contribution in [0, 0.1) is 0 Å². The van der Waals surface area contributed by atoms with Crippen molar-refractivity contribution in [1.29, 1.82) is 0 Å². The number of nitrogen functional groups attached to an aromatic ring is 1. The molecule has 0 saturated carbocycles. The molecule has 2 rings (SSSR count). The molecule has 0 unspecified atom stereocenters. The molecule has 0 radical (unpaired) electrons. The first kappa shape index (κ1) is 10.4. The highest BCUT2D eigenvalue weighted by molar-refractivity contribution is 5.41. The normalized spacial score (nSPS) is 10.1. The van der Waals surface area contributed by atoms with Gasteiger partial charge in [-0.1, -0.05) is 30.3 Å². The molecule has 0 aliphatic heterocycles. The van der Waals surface area contributed by atoms with Crippen molar-refractivity contribution in [3.8, 4) is 6.01 Å². The van der Waals surface area contributed by atoms with Gasteiger partial charge in [-0.25, -0.2) is 4.98 Å². The number of anilines is 1. The lowest BCUT2D eigenvalue weighted by Crippen LogP contribution is -2.02. The van der Waals surface area contributed by atoms with E-state index in [-0.39, 0.29) is 0 Å². The molecule has 4 heteroatoms. The van der Waals surface area contributed by atoms with Crippen LogP contribution in [0.4, 0.5) is 5.82 Å². The Bertz CT molecular complexity index is 471. The van der Waals surface area contributed by atoms with Gasteiger partial charge in [0.05, 0.1) is 7.11 Å². The summed E-state index contributed by atoms with van der Waals surface area (Å²) in [7, 11) is 1.52. The Kier molecular flexibility index (Phi) is 3.00. The number of aromatic nitrogens is 2. The lowest BCUT2D eigenvalue weighted by molar-refractivity contribution is 0.380. The summed E-state index contributed by atoms with van der Waals surface area (Å²) in [5.74, 6) is 0.468. The SMILES string of the molecule is COc1ncc(Cc2ccccc2)c(N)n1. The molecule has 2 N–H and O–H groups in total. The van der Waals surface area contributed by atoms with Crippen LogP contribution in [-0.2, 0) is 6.42 Å². The third-order valence-corrected chi connectivity index (χ3v) is 2.30. The Balaban J connectivity index is 2.22. The zero-order chi connectivity index (χ0) is 11.4. The van der Waals surface area contributed by atoms with Gasteiger partial charge in [0.1, 0.15) is 5.82 Å². The van der Waals surface area contributed by atoms with Gasteiger partial charge in [0.2, 0.25) is 0 Å². The van der Waals surface area contributed by atoms with Gasteiger partial charge in [0.25, 0.3) is 0 Å². The van der Waals surface area contributed by atoms with Crippen molar-refractivity contribution in [2.24, 2.45) is 0 Å². The van der Waals surface area contributed by atoms with Gasteiger partial charge >= 0.3 is 6.01 Å². The average molecular weight is 215 g/mol. The van der Waals surface area contributed by atoms with E-state index in [4.69, 9.17) is 10.5 Å². The Labute approximate surface area is 94.1 Å². The largest absolute Gasteiger partial charge is 0.467 e. The number of benzene rings is 1. The lowest BCUT2D eigenvalue weighted by Gasteiger charge is -2.05. The summed E-state index contributed by atoms with van der Waals surface area (Å²) < 4.78 is 4.90. The molecule has 1 heterocycles. The van der Waals surface area contributed by atoms with E-state index < -0.39 is 0 Å². The molecule has 0 spiro atoms. The van der Waals surface area contributed by atoms with E-state index >= 15 is 0 Å². The monoisotopic (exact) mass is 215 g/mol. The van der Waals surface area contributed by atoms with Crippen molar-refractivity contribution < 1.29 is 4.74 Å². The van der Waals surface area contributed by atoms with Crippen molar-refractivity contribution in [2.75, 3.05) is 12.8 Å². The van der Waals surface area contributed by atoms with Crippen molar-refractivity contribution in [2.45, 2.75) is 6.42 Å². The highest BCUT2D eigenvalue weighted by Gasteiger charge is 2.04. The Morgan fingerprint density at radius 1 is 1.25 bits per heavy atom. The second-order valence-corrected chi connectivity index (χ2v) is 3.43. The lowest BCUT2D eigenvalue weighted by atomic mass is 10.1. The van der Waals surface area contributed by atoms with Crippen LogP contribution >= 0.6 is 0 Å². The highest BCUT2D eigenvalue weighted by atomic mass is 16.5. The standard InChI is InChI=1S/C12H13N3O/c1-16-12-14-8-10(11(13)15-12)7-9-5-3-2-4-6-9/h2-6,8H,7H2,1H3,(H2,13,14,15). The summed E-state index contributed by atoms with van der Waals surface area (Å²) in [6.07, 6.45) is 2.44. The Morgan fingerprint density at radius 2 is 2.00 bits per heavy atom. The van der Waals surface area contributed by atoms with Crippen molar-refractivity contribution in [3.05, 3.63) is 47.7 Å². The molecule has 0 aliphatic carbocycles. The number of hydrogen-bond acceptors (Lipinski definition) is 4. The average Bonchev–Trinajstić information content (AvgIpc) is 2.33. The molecule has 0 amide bonds. The molecule has 1 aromatic heterocycles. The van der Waals surface area contributed by atoms with E-state index in [9.17, 15) is 0 Å². The molecule has 0 bridgehead atoms. The van der Waals surface area contributed by atoms with Crippen LogP contribution in [0.25, 0.3) is 0 Å². The fraction of sp³-hybridized carbons (Fsp3) is 0.167. The maximum Gasteiger partial charge on any atom is 0.318 e. The van der Waals surface area contributed by atoms with E-state index in [1.807, 2.05) is 30.3 Å². The number of nitrogens with zero attached hydrogens (tertiary/aromatic N) is 2. The summed E-state index contributed by atoms with van der Waals surface area (Å²) in [5.41, 5.74) is 7.91. The van der Waals surface area contributed by atoms with Crippen LogP contribution in [0.2, 0.25) is 0 Å². The molecule has 4 nitrogen and oxygen atoms in total. The molecule has 0 atom stereocenters. The van der Waals surface area contributed by atoms with E-state index in [2.05, 4.69) is 9.97 Å². The summed E-state index contributed by atoms with van der Waals surface area (Å²) >= 11 is 0. The number of rotatable bonds is 3. The summed E-state index contributed by atoms with van der Waals surface area (Å²) in [4.78, 5) is 8.07. The van der Waals surface area contributed by atoms with E-state index in [0.717, 1.165) is 12.0 Å². The second-order valence-electron chi connectivity index (χ2n) is 3.43. The summed E-state index contributed by atoms with van der Waals surface area (Å²) in [6.45, 7) is 0. The molecule has 16 heavy (non-hydrogen) atoms. The quantitative estimate of drug-likeness (QED) is 0.845. The van der Waals surface area contributed by atoms with E-state index in [1.165, 1.54) is 12.7 Å². The van der Waals surface area contributed by atoms with E-state index in [1.54, 1.807) is 6.20 Å². The van der Waals surface area contributed by atoms with Crippen LogP contribution in [0.1, 0.15) is 11.1 Å². The minimum absolute atomic E-state index is 0.300. The minimum atomic E-state index is 0.300. The maximum absolute atomic E-state index is 5.81. The number of ether oxygens (including phenoxy) is 1. The summed E-state index contributed by atoms with van der Waals surface area (Å²) in [6, 6.07) is 10.4. The van der Waals surface area contributed by atoms with Crippen LogP contribution in [0.3, 0.4) is 0 Å². The smallest absolute Gasteiger partial charge is 0.318 e. The van der Waals surface area contributed by atoms with Crippen LogP contribution in [0.15, 0.2) is 36.5 Å².